The molecule has 3 nitrogen and oxygen atoms in total. The fourth-order valence-electron chi connectivity index (χ4n) is 3.39. The maximum atomic E-state index is 12.4. The van der Waals surface area contributed by atoms with E-state index < -0.39 is 8.25 Å². The zero-order valence-corrected chi connectivity index (χ0v) is 19.0. The smallest absolute Gasteiger partial charge is 0.367 e. The average molecular weight is 397 g/mol. The van der Waals surface area contributed by atoms with Crippen molar-refractivity contribution in [2.45, 2.75) is 97.8 Å². The van der Waals surface area contributed by atoms with E-state index in [-0.39, 0.29) is 0 Å². The van der Waals surface area contributed by atoms with Crippen LogP contribution in [-0.2, 0) is 9.09 Å². The van der Waals surface area contributed by atoms with Crippen LogP contribution in [-0.4, -0.2) is 6.61 Å². The average Bonchev–Trinajstić information content (AvgIpc) is 2.68. The standard InChI is InChI=1S/C23H41O3P/c1-5-8-10-11-12-15-20(4)22-17-13-14-18-23(22)26-27(24)25-19-21(7-3)16-9-6-2/h13-14,17-18,20-21,27H,5-12,15-16,19H2,1-4H3. The number of hydrogen-bond donors (Lipinski definition) is 0. The molecule has 0 amide bonds. The molecule has 0 aliphatic rings. The van der Waals surface area contributed by atoms with Gasteiger partial charge in [-0.25, -0.2) is 4.57 Å². The Balaban J connectivity index is 2.51. The first-order chi connectivity index (χ1) is 13.1. The van der Waals surface area contributed by atoms with Gasteiger partial charge in [0.2, 0.25) is 0 Å². The third-order valence-corrected chi connectivity index (χ3v) is 6.15. The molecule has 156 valence electrons. The lowest BCUT2D eigenvalue weighted by molar-refractivity contribution is 0.221. The topological polar surface area (TPSA) is 35.5 Å². The van der Waals surface area contributed by atoms with E-state index in [4.69, 9.17) is 9.05 Å². The van der Waals surface area contributed by atoms with Crippen molar-refractivity contribution in [2.75, 3.05) is 6.61 Å². The van der Waals surface area contributed by atoms with Gasteiger partial charge < -0.3 is 9.05 Å². The molecule has 1 rings (SSSR count). The van der Waals surface area contributed by atoms with E-state index >= 15 is 0 Å². The number of rotatable bonds is 16. The van der Waals surface area contributed by atoms with Gasteiger partial charge >= 0.3 is 8.25 Å². The van der Waals surface area contributed by atoms with Gasteiger partial charge in [-0.2, -0.15) is 0 Å². The molecule has 0 aliphatic heterocycles. The lowest BCUT2D eigenvalue weighted by Crippen LogP contribution is -2.07. The molecule has 27 heavy (non-hydrogen) atoms. The minimum absolute atomic E-state index is 0.408. The first kappa shape index (κ1) is 24.2. The second kappa shape index (κ2) is 15.2. The van der Waals surface area contributed by atoms with Gasteiger partial charge in [0, 0.05) is 0 Å². The summed E-state index contributed by atoms with van der Waals surface area (Å²) in [7, 11) is -2.51. The predicted octanol–water partition coefficient (Wildman–Crippen LogP) is 8.15. The van der Waals surface area contributed by atoms with Crippen LogP contribution < -0.4 is 4.52 Å². The SMILES string of the molecule is CCCCCCCC(C)c1ccccc1O[PH](=O)OCC(CC)CCCC. The summed E-state index contributed by atoms with van der Waals surface area (Å²) in [5.74, 6) is 1.61. The maximum Gasteiger partial charge on any atom is 0.367 e. The number of benzene rings is 1. The molecule has 0 fully saturated rings. The van der Waals surface area contributed by atoms with E-state index in [0.717, 1.165) is 30.6 Å². The van der Waals surface area contributed by atoms with Crippen LogP contribution in [0, 0.1) is 5.92 Å². The van der Waals surface area contributed by atoms with Crippen LogP contribution in [0.5, 0.6) is 5.75 Å². The molecule has 3 atom stereocenters. The van der Waals surface area contributed by atoms with Gasteiger partial charge in [0.25, 0.3) is 0 Å². The Labute approximate surface area is 168 Å². The van der Waals surface area contributed by atoms with Gasteiger partial charge in [0.15, 0.2) is 0 Å². The van der Waals surface area contributed by atoms with Gasteiger partial charge in [0.1, 0.15) is 5.75 Å². The summed E-state index contributed by atoms with van der Waals surface area (Å²) in [6, 6.07) is 7.99. The second-order valence-electron chi connectivity index (χ2n) is 7.72. The largest absolute Gasteiger partial charge is 0.426 e. The van der Waals surface area contributed by atoms with Crippen LogP contribution in [0.1, 0.15) is 103 Å². The fourth-order valence-corrected chi connectivity index (χ4v) is 4.19. The van der Waals surface area contributed by atoms with Crippen molar-refractivity contribution in [2.24, 2.45) is 5.92 Å². The fraction of sp³-hybridized carbons (Fsp3) is 0.739. The molecule has 0 radical (unpaired) electrons. The Hall–Kier alpha value is -0.790. The van der Waals surface area contributed by atoms with Crippen molar-refractivity contribution >= 4 is 8.25 Å². The second-order valence-corrected chi connectivity index (χ2v) is 8.71. The minimum Gasteiger partial charge on any atom is -0.426 e. The summed E-state index contributed by atoms with van der Waals surface area (Å²) < 4.78 is 23.7. The lowest BCUT2D eigenvalue weighted by atomic mass is 9.94. The molecule has 0 bridgehead atoms. The zero-order chi connectivity index (χ0) is 19.9. The number of para-hydroxylation sites is 1. The third-order valence-electron chi connectivity index (χ3n) is 5.36. The molecule has 0 N–H and O–H groups in total. The number of hydrogen-bond acceptors (Lipinski definition) is 3. The number of unbranched alkanes of at least 4 members (excludes halogenated alkanes) is 5. The van der Waals surface area contributed by atoms with E-state index in [9.17, 15) is 4.57 Å². The van der Waals surface area contributed by atoms with Crippen LogP contribution >= 0.6 is 8.25 Å². The summed E-state index contributed by atoms with van der Waals surface area (Å²) >= 11 is 0. The highest BCUT2D eigenvalue weighted by Crippen LogP contribution is 2.36. The molecule has 0 aromatic heterocycles. The molecular formula is C23H41O3P. The van der Waals surface area contributed by atoms with Crippen LogP contribution in [0.4, 0.5) is 0 Å². The van der Waals surface area contributed by atoms with Crippen LogP contribution in [0.15, 0.2) is 24.3 Å². The van der Waals surface area contributed by atoms with E-state index in [0.29, 0.717) is 18.4 Å². The van der Waals surface area contributed by atoms with Crippen molar-refractivity contribution in [3.05, 3.63) is 29.8 Å². The Morgan fingerprint density at radius 3 is 2.33 bits per heavy atom. The first-order valence-electron chi connectivity index (χ1n) is 11.1. The molecule has 4 heteroatoms. The summed E-state index contributed by atoms with van der Waals surface area (Å²) in [4.78, 5) is 0. The van der Waals surface area contributed by atoms with Crippen molar-refractivity contribution < 1.29 is 13.6 Å². The summed E-state index contributed by atoms with van der Waals surface area (Å²) in [6.07, 6.45) is 12.2. The molecule has 0 heterocycles. The van der Waals surface area contributed by atoms with E-state index in [1.807, 2.05) is 18.2 Å². The van der Waals surface area contributed by atoms with Crippen molar-refractivity contribution in [1.82, 2.24) is 0 Å². The van der Waals surface area contributed by atoms with Crippen molar-refractivity contribution in [3.8, 4) is 5.75 Å². The highest BCUT2D eigenvalue weighted by molar-refractivity contribution is 7.33. The van der Waals surface area contributed by atoms with Crippen molar-refractivity contribution in [3.63, 3.8) is 0 Å². The van der Waals surface area contributed by atoms with Crippen molar-refractivity contribution in [1.29, 1.82) is 0 Å². The molecule has 0 saturated carbocycles. The quantitative estimate of drug-likeness (QED) is 0.209. The third kappa shape index (κ3) is 10.4. The zero-order valence-electron chi connectivity index (χ0n) is 18.0. The Morgan fingerprint density at radius 1 is 0.926 bits per heavy atom. The highest BCUT2D eigenvalue weighted by Gasteiger charge is 2.14. The van der Waals surface area contributed by atoms with E-state index in [1.165, 1.54) is 44.9 Å². The van der Waals surface area contributed by atoms with Crippen LogP contribution in [0.3, 0.4) is 0 Å². The van der Waals surface area contributed by atoms with Gasteiger partial charge in [0.05, 0.1) is 6.61 Å². The molecule has 0 saturated heterocycles. The summed E-state index contributed by atoms with van der Waals surface area (Å²) in [5, 5.41) is 0. The highest BCUT2D eigenvalue weighted by atomic mass is 31.1. The molecular weight excluding hydrogens is 355 g/mol. The van der Waals surface area contributed by atoms with Gasteiger partial charge in [-0.05, 0) is 36.3 Å². The van der Waals surface area contributed by atoms with Gasteiger partial charge in [-0.1, -0.05) is 97.3 Å². The molecule has 0 aliphatic carbocycles. The lowest BCUT2D eigenvalue weighted by Gasteiger charge is -2.18. The monoisotopic (exact) mass is 396 g/mol. The van der Waals surface area contributed by atoms with Gasteiger partial charge in [-0.3, -0.25) is 0 Å². The van der Waals surface area contributed by atoms with Crippen LogP contribution in [0.25, 0.3) is 0 Å². The Morgan fingerprint density at radius 2 is 1.63 bits per heavy atom. The molecule has 0 spiro atoms. The molecule has 1 aromatic rings. The predicted molar refractivity (Wildman–Crippen MR) is 117 cm³/mol. The van der Waals surface area contributed by atoms with E-state index in [2.05, 4.69) is 33.8 Å². The molecule has 1 aromatic carbocycles. The first-order valence-corrected chi connectivity index (χ1v) is 12.3. The molecule has 3 unspecified atom stereocenters. The van der Waals surface area contributed by atoms with E-state index in [1.54, 1.807) is 0 Å². The minimum atomic E-state index is -2.51. The van der Waals surface area contributed by atoms with Crippen LogP contribution in [0.2, 0.25) is 0 Å². The summed E-state index contributed by atoms with van der Waals surface area (Å²) in [6.45, 7) is 9.37. The normalized spacial score (nSPS) is 14.7. The summed E-state index contributed by atoms with van der Waals surface area (Å²) in [5.41, 5.74) is 1.15. The Kier molecular flexibility index (Phi) is 13.6. The Bertz CT molecular complexity index is 518. The maximum absolute atomic E-state index is 12.4. The van der Waals surface area contributed by atoms with Gasteiger partial charge in [-0.15, -0.1) is 0 Å².